The molecule has 0 unspecified atom stereocenters. The van der Waals surface area contributed by atoms with E-state index in [1.807, 2.05) is 0 Å². The summed E-state index contributed by atoms with van der Waals surface area (Å²) in [6.45, 7) is 0. The van der Waals surface area contributed by atoms with E-state index in [-0.39, 0.29) is 5.56 Å². The molecule has 0 spiro atoms. The van der Waals surface area contributed by atoms with Gasteiger partial charge >= 0.3 is 11.6 Å². The molecule has 28 heavy (non-hydrogen) atoms. The van der Waals surface area contributed by atoms with Gasteiger partial charge in [0.15, 0.2) is 0 Å². The Morgan fingerprint density at radius 2 is 1.82 bits per heavy atom. The van der Waals surface area contributed by atoms with E-state index in [4.69, 9.17) is 23.4 Å². The molecule has 3 aromatic rings. The summed E-state index contributed by atoms with van der Waals surface area (Å²) in [6.07, 6.45) is -1.05. The van der Waals surface area contributed by atoms with E-state index < -0.39 is 23.6 Å². The normalized spacial score (nSPS) is 17.7. The number of carbonyl (C=O) groups is 1. The van der Waals surface area contributed by atoms with Gasteiger partial charge < -0.3 is 23.4 Å². The highest BCUT2D eigenvalue weighted by Gasteiger charge is 2.46. The lowest BCUT2D eigenvalue weighted by atomic mass is 9.88. The first-order chi connectivity index (χ1) is 13.6. The lowest BCUT2D eigenvalue weighted by molar-refractivity contribution is -0.148. The molecule has 4 rings (SSSR count). The highest BCUT2D eigenvalue weighted by atomic mass is 16.6. The lowest BCUT2D eigenvalue weighted by Gasteiger charge is -2.19. The maximum Gasteiger partial charge on any atom is 0.348 e. The predicted molar refractivity (Wildman–Crippen MR) is 100 cm³/mol. The van der Waals surface area contributed by atoms with Crippen molar-refractivity contribution in [2.75, 3.05) is 21.3 Å². The predicted octanol–water partition coefficient (Wildman–Crippen LogP) is 2.88. The quantitative estimate of drug-likeness (QED) is 0.507. The van der Waals surface area contributed by atoms with Gasteiger partial charge in [-0.05, 0) is 18.2 Å². The summed E-state index contributed by atoms with van der Waals surface area (Å²) < 4.78 is 27.1. The van der Waals surface area contributed by atoms with Crippen LogP contribution in [0.1, 0.15) is 17.0 Å². The summed E-state index contributed by atoms with van der Waals surface area (Å²) in [5, 5.41) is 0.612. The van der Waals surface area contributed by atoms with Crippen LogP contribution in [0.25, 0.3) is 11.0 Å². The van der Waals surface area contributed by atoms with Crippen LogP contribution < -0.4 is 19.8 Å². The van der Waals surface area contributed by atoms with E-state index >= 15 is 0 Å². The zero-order valence-corrected chi connectivity index (χ0v) is 15.6. The van der Waals surface area contributed by atoms with Crippen molar-refractivity contribution in [3.05, 3.63) is 64.0 Å². The van der Waals surface area contributed by atoms with E-state index in [1.54, 1.807) is 49.6 Å². The Morgan fingerprint density at radius 3 is 2.54 bits per heavy atom. The maximum atomic E-state index is 12.8. The van der Waals surface area contributed by atoms with E-state index in [2.05, 4.69) is 0 Å². The first kappa shape index (κ1) is 17.9. The lowest BCUT2D eigenvalue weighted by Crippen LogP contribution is -2.32. The van der Waals surface area contributed by atoms with Gasteiger partial charge in [-0.15, -0.1) is 0 Å². The summed E-state index contributed by atoms with van der Waals surface area (Å²) in [5.74, 6) is 0.0269. The van der Waals surface area contributed by atoms with Crippen LogP contribution in [0.4, 0.5) is 0 Å². The minimum absolute atomic E-state index is 0.262. The minimum Gasteiger partial charge on any atom is -0.497 e. The van der Waals surface area contributed by atoms with Gasteiger partial charge in [-0.2, -0.15) is 0 Å². The number of ether oxygens (including phenoxy) is 4. The Kier molecular flexibility index (Phi) is 4.43. The average Bonchev–Trinajstić information content (AvgIpc) is 3.14. The highest BCUT2D eigenvalue weighted by molar-refractivity contribution is 5.88. The number of esters is 1. The largest absolute Gasteiger partial charge is 0.497 e. The van der Waals surface area contributed by atoms with Gasteiger partial charge in [0.05, 0.1) is 38.2 Å². The fourth-order valence-corrected chi connectivity index (χ4v) is 3.57. The summed E-state index contributed by atoms with van der Waals surface area (Å²) in [4.78, 5) is 25.3. The van der Waals surface area contributed by atoms with Crippen LogP contribution >= 0.6 is 0 Å². The fraction of sp³-hybridized carbons (Fsp3) is 0.238. The molecule has 0 aliphatic carbocycles. The second kappa shape index (κ2) is 6.92. The molecular formula is C21H18O7. The van der Waals surface area contributed by atoms with Gasteiger partial charge in [0.25, 0.3) is 0 Å². The number of carbonyl (C=O) groups excluding carboxylic acids is 1. The van der Waals surface area contributed by atoms with E-state index in [9.17, 15) is 9.59 Å². The van der Waals surface area contributed by atoms with E-state index in [0.29, 0.717) is 33.8 Å². The minimum atomic E-state index is -1.05. The van der Waals surface area contributed by atoms with Crippen LogP contribution in [-0.2, 0) is 9.53 Å². The number of rotatable bonds is 4. The molecule has 7 heteroatoms. The number of para-hydroxylation sites is 1. The van der Waals surface area contributed by atoms with Gasteiger partial charge in [0.2, 0.25) is 6.10 Å². The Hall–Kier alpha value is -3.48. The van der Waals surface area contributed by atoms with Crippen LogP contribution in [0.15, 0.2) is 51.7 Å². The molecule has 0 N–H and O–H groups in total. The highest BCUT2D eigenvalue weighted by Crippen LogP contribution is 2.47. The van der Waals surface area contributed by atoms with Gasteiger partial charge in [0.1, 0.15) is 22.8 Å². The second-order valence-electron chi connectivity index (χ2n) is 6.28. The van der Waals surface area contributed by atoms with Gasteiger partial charge in [0, 0.05) is 11.6 Å². The molecule has 2 atom stereocenters. The molecule has 144 valence electrons. The fourth-order valence-electron chi connectivity index (χ4n) is 3.57. The molecule has 0 saturated heterocycles. The third-order valence-corrected chi connectivity index (χ3v) is 4.87. The molecule has 2 aromatic carbocycles. The summed E-state index contributed by atoms with van der Waals surface area (Å²) >= 11 is 0. The zero-order chi connectivity index (χ0) is 19.8. The Balaban J connectivity index is 1.99. The van der Waals surface area contributed by atoms with Crippen molar-refractivity contribution < 1.29 is 28.2 Å². The van der Waals surface area contributed by atoms with Crippen LogP contribution in [0.5, 0.6) is 17.2 Å². The molecule has 0 bridgehead atoms. The number of fused-ring (bicyclic) bond motifs is 3. The first-order valence-corrected chi connectivity index (χ1v) is 8.61. The number of methoxy groups -OCH3 is 3. The molecule has 1 aromatic heterocycles. The topological polar surface area (TPSA) is 84.2 Å². The number of hydrogen-bond acceptors (Lipinski definition) is 7. The number of benzene rings is 2. The summed E-state index contributed by atoms with van der Waals surface area (Å²) in [7, 11) is 4.32. The van der Waals surface area contributed by atoms with Crippen molar-refractivity contribution in [1.29, 1.82) is 0 Å². The zero-order valence-electron chi connectivity index (χ0n) is 15.6. The van der Waals surface area contributed by atoms with Gasteiger partial charge in [-0.1, -0.05) is 18.2 Å². The van der Waals surface area contributed by atoms with E-state index in [1.165, 1.54) is 14.2 Å². The molecule has 0 fully saturated rings. The first-order valence-electron chi connectivity index (χ1n) is 8.61. The van der Waals surface area contributed by atoms with Crippen molar-refractivity contribution in [2.24, 2.45) is 0 Å². The van der Waals surface area contributed by atoms with Crippen molar-refractivity contribution in [2.45, 2.75) is 12.0 Å². The second-order valence-corrected chi connectivity index (χ2v) is 6.28. The summed E-state index contributed by atoms with van der Waals surface area (Å²) in [6, 6.07) is 12.2. The molecule has 2 heterocycles. The van der Waals surface area contributed by atoms with Gasteiger partial charge in [-0.3, -0.25) is 0 Å². The Bertz CT molecular complexity index is 1120. The number of hydrogen-bond donors (Lipinski definition) is 0. The smallest absolute Gasteiger partial charge is 0.348 e. The molecule has 0 saturated carbocycles. The van der Waals surface area contributed by atoms with Crippen molar-refractivity contribution in [3.63, 3.8) is 0 Å². The summed E-state index contributed by atoms with van der Waals surface area (Å²) in [5.41, 5.74) is 0.679. The molecule has 1 aliphatic rings. The average molecular weight is 382 g/mol. The SMILES string of the molecule is COC(=O)[C@H]1Oc2c(c(=O)oc3ccccc23)[C@H]1c1ccc(OC)cc1OC. The molecule has 0 amide bonds. The molecule has 1 aliphatic heterocycles. The van der Waals surface area contributed by atoms with Crippen LogP contribution in [-0.4, -0.2) is 33.4 Å². The van der Waals surface area contributed by atoms with Crippen LogP contribution in [0.2, 0.25) is 0 Å². The Labute approximate surface area is 160 Å². The maximum absolute atomic E-state index is 12.8. The van der Waals surface area contributed by atoms with Crippen LogP contribution in [0, 0.1) is 0 Å². The molecule has 0 radical (unpaired) electrons. The third-order valence-electron chi connectivity index (χ3n) is 4.87. The van der Waals surface area contributed by atoms with Gasteiger partial charge in [-0.25, -0.2) is 9.59 Å². The van der Waals surface area contributed by atoms with Crippen molar-refractivity contribution in [3.8, 4) is 17.2 Å². The standard InChI is InChI=1S/C21H18O7/c1-24-11-8-9-12(15(10-11)25-2)16-17-18(28-19(16)21(23)26-3)13-6-4-5-7-14(13)27-20(17)22/h4-10,16,19H,1-3H3/t16-,19+/m1/s1. The van der Waals surface area contributed by atoms with E-state index in [0.717, 1.165) is 0 Å². The van der Waals surface area contributed by atoms with Crippen molar-refractivity contribution in [1.82, 2.24) is 0 Å². The van der Waals surface area contributed by atoms with Crippen molar-refractivity contribution >= 4 is 16.9 Å². The third kappa shape index (κ3) is 2.67. The van der Waals surface area contributed by atoms with Crippen LogP contribution in [0.3, 0.4) is 0 Å². The Morgan fingerprint density at radius 1 is 1.04 bits per heavy atom. The molecular weight excluding hydrogens is 364 g/mol. The molecule has 7 nitrogen and oxygen atoms in total. The monoisotopic (exact) mass is 382 g/mol.